The Morgan fingerprint density at radius 2 is 0.789 bits per heavy atom. The fourth-order valence-corrected chi connectivity index (χ4v) is 8.32. The standard InChI is InChI=1S/C56H39N/c1-5-17-40(18-6-1)45-32-36-56(55(38-45)43-23-11-4-12-24-43)57(48-33-35-51(41-19-7-2-8-20-41)54(39-48)42-21-9-3-10-22-42)47-27-15-26-46(37-47)50-29-16-30-52-49-28-14-13-25-44(49)31-34-53(50)52/h1-39H. The second-order valence-electron chi connectivity index (χ2n) is 14.5. The van der Waals surface area contributed by atoms with Gasteiger partial charge >= 0.3 is 0 Å². The molecule has 0 aromatic heterocycles. The summed E-state index contributed by atoms with van der Waals surface area (Å²) in [4.78, 5) is 2.45. The number of nitrogens with zero attached hydrogens (tertiary/aromatic N) is 1. The first-order valence-corrected chi connectivity index (χ1v) is 19.6. The van der Waals surface area contributed by atoms with Gasteiger partial charge in [0.15, 0.2) is 0 Å². The molecule has 0 bridgehead atoms. The highest BCUT2D eigenvalue weighted by Crippen LogP contribution is 2.46. The first kappa shape index (κ1) is 34.0. The fourth-order valence-electron chi connectivity index (χ4n) is 8.32. The molecule has 57 heavy (non-hydrogen) atoms. The molecule has 10 aromatic carbocycles. The minimum Gasteiger partial charge on any atom is -0.310 e. The molecule has 10 rings (SSSR count). The van der Waals surface area contributed by atoms with Gasteiger partial charge in [-0.05, 0) is 108 Å². The summed E-state index contributed by atoms with van der Waals surface area (Å²) in [6.07, 6.45) is 0. The lowest BCUT2D eigenvalue weighted by Gasteiger charge is -2.30. The molecule has 0 aliphatic heterocycles. The van der Waals surface area contributed by atoms with Crippen LogP contribution in [0, 0.1) is 0 Å². The minimum absolute atomic E-state index is 1.08. The number of hydrogen-bond acceptors (Lipinski definition) is 1. The molecule has 0 aliphatic carbocycles. The molecule has 0 unspecified atom stereocenters. The van der Waals surface area contributed by atoms with Crippen LogP contribution in [0.4, 0.5) is 17.1 Å². The van der Waals surface area contributed by atoms with Crippen molar-refractivity contribution in [3.63, 3.8) is 0 Å². The van der Waals surface area contributed by atoms with Crippen LogP contribution in [-0.2, 0) is 0 Å². The van der Waals surface area contributed by atoms with Crippen LogP contribution in [0.15, 0.2) is 237 Å². The molecule has 0 spiro atoms. The van der Waals surface area contributed by atoms with E-state index in [1.54, 1.807) is 0 Å². The van der Waals surface area contributed by atoms with E-state index in [0.717, 1.165) is 28.2 Å². The van der Waals surface area contributed by atoms with Gasteiger partial charge in [-0.3, -0.25) is 0 Å². The Hall–Kier alpha value is -7.48. The van der Waals surface area contributed by atoms with E-state index in [9.17, 15) is 0 Å². The van der Waals surface area contributed by atoms with Gasteiger partial charge in [0.2, 0.25) is 0 Å². The van der Waals surface area contributed by atoms with Crippen LogP contribution >= 0.6 is 0 Å². The molecule has 0 saturated heterocycles. The predicted octanol–water partition coefficient (Wildman–Crippen LogP) is 15.8. The third-order valence-electron chi connectivity index (χ3n) is 11.1. The summed E-state index contributed by atoms with van der Waals surface area (Å²) in [6.45, 7) is 0. The Bertz CT molecular complexity index is 2990. The third-order valence-corrected chi connectivity index (χ3v) is 11.1. The molecule has 1 nitrogen and oxygen atoms in total. The second kappa shape index (κ2) is 15.0. The van der Waals surface area contributed by atoms with Crippen LogP contribution in [-0.4, -0.2) is 0 Å². The van der Waals surface area contributed by atoms with E-state index < -0.39 is 0 Å². The van der Waals surface area contributed by atoms with Crippen molar-refractivity contribution in [2.75, 3.05) is 4.90 Å². The third kappa shape index (κ3) is 6.56. The van der Waals surface area contributed by atoms with Crippen molar-refractivity contribution in [1.82, 2.24) is 0 Å². The zero-order valence-corrected chi connectivity index (χ0v) is 31.5. The van der Waals surface area contributed by atoms with E-state index in [1.807, 2.05) is 0 Å². The number of hydrogen-bond donors (Lipinski definition) is 0. The number of fused-ring (bicyclic) bond motifs is 3. The van der Waals surface area contributed by atoms with Gasteiger partial charge in [-0.2, -0.15) is 0 Å². The maximum atomic E-state index is 2.45. The Labute approximate surface area is 334 Å². The Morgan fingerprint density at radius 3 is 1.51 bits per heavy atom. The largest absolute Gasteiger partial charge is 0.310 e. The summed E-state index contributed by atoms with van der Waals surface area (Å²) in [5, 5.41) is 5.03. The highest BCUT2D eigenvalue weighted by atomic mass is 15.1. The minimum atomic E-state index is 1.08. The van der Waals surface area contributed by atoms with Crippen LogP contribution in [0.5, 0.6) is 0 Å². The number of anilines is 3. The number of rotatable bonds is 8. The summed E-state index contributed by atoms with van der Waals surface area (Å²) in [5.74, 6) is 0. The van der Waals surface area contributed by atoms with Crippen LogP contribution in [0.1, 0.15) is 0 Å². The fraction of sp³-hybridized carbons (Fsp3) is 0. The first-order chi connectivity index (χ1) is 28.3. The average Bonchev–Trinajstić information content (AvgIpc) is 3.30. The normalized spacial score (nSPS) is 11.2. The molecule has 1 heteroatoms. The second-order valence-corrected chi connectivity index (χ2v) is 14.5. The van der Waals surface area contributed by atoms with Crippen LogP contribution in [0.3, 0.4) is 0 Å². The van der Waals surface area contributed by atoms with E-state index in [1.165, 1.54) is 66.1 Å². The maximum Gasteiger partial charge on any atom is 0.0540 e. The highest BCUT2D eigenvalue weighted by molar-refractivity contribution is 6.12. The average molecular weight is 726 g/mol. The Kier molecular flexibility index (Phi) is 8.95. The van der Waals surface area contributed by atoms with Crippen molar-refractivity contribution in [3.8, 4) is 55.6 Å². The zero-order valence-electron chi connectivity index (χ0n) is 31.5. The van der Waals surface area contributed by atoms with Gasteiger partial charge in [-0.15, -0.1) is 0 Å². The van der Waals surface area contributed by atoms with Gasteiger partial charge in [0.1, 0.15) is 0 Å². The molecular formula is C56H39N. The van der Waals surface area contributed by atoms with Crippen molar-refractivity contribution >= 4 is 38.6 Å². The topological polar surface area (TPSA) is 3.24 Å². The van der Waals surface area contributed by atoms with Gasteiger partial charge in [0, 0.05) is 16.9 Å². The van der Waals surface area contributed by atoms with Crippen molar-refractivity contribution < 1.29 is 0 Å². The van der Waals surface area contributed by atoms with E-state index in [0.29, 0.717) is 0 Å². The molecule has 0 radical (unpaired) electrons. The van der Waals surface area contributed by atoms with Gasteiger partial charge in [0.25, 0.3) is 0 Å². The highest BCUT2D eigenvalue weighted by Gasteiger charge is 2.21. The molecule has 10 aromatic rings. The maximum absolute atomic E-state index is 2.45. The van der Waals surface area contributed by atoms with Gasteiger partial charge in [0.05, 0.1) is 5.69 Å². The molecule has 0 atom stereocenters. The molecule has 0 fully saturated rings. The van der Waals surface area contributed by atoms with Crippen LogP contribution in [0.25, 0.3) is 77.2 Å². The summed E-state index contributed by atoms with van der Waals surface area (Å²) in [7, 11) is 0. The Morgan fingerprint density at radius 1 is 0.228 bits per heavy atom. The lowest BCUT2D eigenvalue weighted by Crippen LogP contribution is -2.12. The van der Waals surface area contributed by atoms with Gasteiger partial charge < -0.3 is 4.90 Å². The van der Waals surface area contributed by atoms with Crippen molar-refractivity contribution in [3.05, 3.63) is 237 Å². The van der Waals surface area contributed by atoms with Crippen molar-refractivity contribution in [2.45, 2.75) is 0 Å². The summed E-state index contributed by atoms with van der Waals surface area (Å²) >= 11 is 0. The monoisotopic (exact) mass is 725 g/mol. The number of benzene rings is 10. The molecule has 0 heterocycles. The van der Waals surface area contributed by atoms with E-state index in [4.69, 9.17) is 0 Å². The zero-order chi connectivity index (χ0) is 38.0. The summed E-state index contributed by atoms with van der Waals surface area (Å²) in [6, 6.07) is 85.7. The Balaban J connectivity index is 1.22. The lowest BCUT2D eigenvalue weighted by atomic mass is 9.92. The van der Waals surface area contributed by atoms with Crippen LogP contribution < -0.4 is 4.90 Å². The van der Waals surface area contributed by atoms with E-state index in [2.05, 4.69) is 241 Å². The van der Waals surface area contributed by atoms with Crippen LogP contribution in [0.2, 0.25) is 0 Å². The van der Waals surface area contributed by atoms with Crippen molar-refractivity contribution in [1.29, 1.82) is 0 Å². The lowest BCUT2D eigenvalue weighted by molar-refractivity contribution is 1.28. The quantitative estimate of drug-likeness (QED) is 0.141. The molecule has 0 saturated carbocycles. The molecule has 0 N–H and O–H groups in total. The van der Waals surface area contributed by atoms with E-state index >= 15 is 0 Å². The van der Waals surface area contributed by atoms with Crippen molar-refractivity contribution in [2.24, 2.45) is 0 Å². The predicted molar refractivity (Wildman–Crippen MR) is 243 cm³/mol. The first-order valence-electron chi connectivity index (χ1n) is 19.6. The van der Waals surface area contributed by atoms with Gasteiger partial charge in [-0.25, -0.2) is 0 Å². The molecular weight excluding hydrogens is 687 g/mol. The van der Waals surface area contributed by atoms with E-state index in [-0.39, 0.29) is 0 Å². The molecule has 0 amide bonds. The summed E-state index contributed by atoms with van der Waals surface area (Å²) in [5.41, 5.74) is 15.1. The smallest absolute Gasteiger partial charge is 0.0540 e. The SMILES string of the molecule is c1ccc(-c2ccc(N(c3cccc(-c4cccc5c4ccc4ccccc45)c3)c3ccc(-c4ccccc4)c(-c4ccccc4)c3)c(-c3ccccc3)c2)cc1. The molecule has 268 valence electrons. The molecule has 0 aliphatic rings. The summed E-state index contributed by atoms with van der Waals surface area (Å²) < 4.78 is 0. The van der Waals surface area contributed by atoms with Gasteiger partial charge in [-0.1, -0.05) is 200 Å².